The van der Waals surface area contributed by atoms with Crippen LogP contribution in [-0.2, 0) is 0 Å². The van der Waals surface area contributed by atoms with E-state index in [-0.39, 0.29) is 0 Å². The van der Waals surface area contributed by atoms with E-state index in [0.717, 1.165) is 13.0 Å². The van der Waals surface area contributed by atoms with Crippen LogP contribution in [0.3, 0.4) is 0 Å². The van der Waals surface area contributed by atoms with Gasteiger partial charge < -0.3 is 5.73 Å². The fraction of sp³-hybridized carbons (Fsp3) is 0.444. The number of nitrogens with zero attached hydrogens (tertiary/aromatic N) is 1. The van der Waals surface area contributed by atoms with Gasteiger partial charge in [0.1, 0.15) is 0 Å². The molecule has 20 heavy (non-hydrogen) atoms. The lowest BCUT2D eigenvalue weighted by molar-refractivity contribution is 0.153. The summed E-state index contributed by atoms with van der Waals surface area (Å²) in [6, 6.07) is 16.0. The summed E-state index contributed by atoms with van der Waals surface area (Å²) in [5.41, 5.74) is 7.48. The number of fused-ring (bicyclic) bond motifs is 1. The van der Waals surface area contributed by atoms with Gasteiger partial charge in [0.15, 0.2) is 0 Å². The second-order valence-corrected chi connectivity index (χ2v) is 5.41. The SMILES string of the molecule is CCC(C)N(CC)C(CN)c1cccc2ccccc12. The first-order valence-corrected chi connectivity index (χ1v) is 7.66. The Bertz CT molecular complexity index is 545. The van der Waals surface area contributed by atoms with Crippen molar-refractivity contribution in [2.45, 2.75) is 39.3 Å². The van der Waals surface area contributed by atoms with Crippen molar-refractivity contribution in [3.8, 4) is 0 Å². The van der Waals surface area contributed by atoms with Gasteiger partial charge in [0.25, 0.3) is 0 Å². The number of nitrogens with two attached hydrogens (primary N) is 1. The summed E-state index contributed by atoms with van der Waals surface area (Å²) in [5, 5.41) is 2.62. The Morgan fingerprint density at radius 2 is 1.75 bits per heavy atom. The van der Waals surface area contributed by atoms with E-state index in [1.807, 2.05) is 0 Å². The van der Waals surface area contributed by atoms with Gasteiger partial charge in [-0.1, -0.05) is 56.3 Å². The third-order valence-corrected chi connectivity index (χ3v) is 4.33. The molecule has 2 heteroatoms. The Hall–Kier alpha value is -1.38. The zero-order valence-corrected chi connectivity index (χ0v) is 12.8. The molecule has 2 aromatic rings. The molecular weight excluding hydrogens is 244 g/mol. The number of rotatable bonds is 6. The van der Waals surface area contributed by atoms with Crippen molar-refractivity contribution in [2.75, 3.05) is 13.1 Å². The molecule has 2 nitrogen and oxygen atoms in total. The molecule has 2 rings (SSSR count). The maximum Gasteiger partial charge on any atom is 0.0479 e. The van der Waals surface area contributed by atoms with Crippen LogP contribution in [0.4, 0.5) is 0 Å². The van der Waals surface area contributed by atoms with E-state index in [0.29, 0.717) is 18.6 Å². The third-order valence-electron chi connectivity index (χ3n) is 4.33. The number of hydrogen-bond acceptors (Lipinski definition) is 2. The molecule has 0 saturated carbocycles. The van der Waals surface area contributed by atoms with Gasteiger partial charge in [0, 0.05) is 18.6 Å². The van der Waals surface area contributed by atoms with Crippen LogP contribution in [0.25, 0.3) is 10.8 Å². The minimum absolute atomic E-state index is 0.293. The van der Waals surface area contributed by atoms with Gasteiger partial charge in [-0.05, 0) is 36.2 Å². The van der Waals surface area contributed by atoms with E-state index in [2.05, 4.69) is 68.1 Å². The van der Waals surface area contributed by atoms with Crippen LogP contribution >= 0.6 is 0 Å². The van der Waals surface area contributed by atoms with Crippen molar-refractivity contribution >= 4 is 10.8 Å². The number of likely N-dealkylation sites (N-methyl/N-ethyl adjacent to an activating group) is 1. The van der Waals surface area contributed by atoms with Gasteiger partial charge in [-0.2, -0.15) is 0 Å². The first-order chi connectivity index (χ1) is 9.72. The molecule has 0 aliphatic carbocycles. The molecule has 0 aromatic heterocycles. The average Bonchev–Trinajstić information content (AvgIpc) is 2.51. The topological polar surface area (TPSA) is 29.3 Å². The van der Waals surface area contributed by atoms with E-state index in [1.54, 1.807) is 0 Å². The molecule has 0 spiro atoms. The Labute approximate surface area is 122 Å². The molecule has 0 aliphatic heterocycles. The van der Waals surface area contributed by atoms with E-state index in [4.69, 9.17) is 5.73 Å². The Balaban J connectivity index is 2.48. The maximum atomic E-state index is 6.12. The van der Waals surface area contributed by atoms with Crippen molar-refractivity contribution < 1.29 is 0 Å². The summed E-state index contributed by atoms with van der Waals surface area (Å²) in [6.07, 6.45) is 1.15. The molecule has 0 fully saturated rings. The Morgan fingerprint density at radius 1 is 1.05 bits per heavy atom. The predicted octanol–water partition coefficient (Wildman–Crippen LogP) is 3.96. The molecule has 2 unspecified atom stereocenters. The highest BCUT2D eigenvalue weighted by Gasteiger charge is 2.22. The smallest absolute Gasteiger partial charge is 0.0479 e. The summed E-state index contributed by atoms with van der Waals surface area (Å²) in [5.74, 6) is 0. The van der Waals surface area contributed by atoms with Crippen LogP contribution in [0.2, 0.25) is 0 Å². The second-order valence-electron chi connectivity index (χ2n) is 5.41. The Kier molecular flexibility index (Phi) is 5.16. The third kappa shape index (κ3) is 2.87. The average molecular weight is 270 g/mol. The summed E-state index contributed by atoms with van der Waals surface area (Å²) in [6.45, 7) is 8.44. The molecular formula is C18H26N2. The van der Waals surface area contributed by atoms with Gasteiger partial charge in [0.05, 0.1) is 0 Å². The lowest BCUT2D eigenvalue weighted by atomic mass is 9.96. The van der Waals surface area contributed by atoms with Gasteiger partial charge in [-0.3, -0.25) is 4.90 Å². The minimum atomic E-state index is 0.293. The highest BCUT2D eigenvalue weighted by atomic mass is 15.2. The molecule has 2 N–H and O–H groups in total. The highest BCUT2D eigenvalue weighted by Crippen LogP contribution is 2.29. The lowest BCUT2D eigenvalue weighted by Crippen LogP contribution is -2.39. The lowest BCUT2D eigenvalue weighted by Gasteiger charge is -2.35. The van der Waals surface area contributed by atoms with Crippen LogP contribution in [0, 0.1) is 0 Å². The van der Waals surface area contributed by atoms with E-state index < -0.39 is 0 Å². The van der Waals surface area contributed by atoms with Crippen molar-refractivity contribution in [3.63, 3.8) is 0 Å². The summed E-state index contributed by atoms with van der Waals surface area (Å²) >= 11 is 0. The molecule has 0 heterocycles. The minimum Gasteiger partial charge on any atom is -0.329 e. The van der Waals surface area contributed by atoms with Gasteiger partial charge in [0.2, 0.25) is 0 Å². The van der Waals surface area contributed by atoms with Crippen molar-refractivity contribution in [2.24, 2.45) is 5.73 Å². The molecule has 2 aromatic carbocycles. The van der Waals surface area contributed by atoms with Gasteiger partial charge >= 0.3 is 0 Å². The quantitative estimate of drug-likeness (QED) is 0.861. The summed E-state index contributed by atoms with van der Waals surface area (Å²) < 4.78 is 0. The molecule has 0 bridgehead atoms. The van der Waals surface area contributed by atoms with Crippen LogP contribution in [0.1, 0.15) is 38.8 Å². The monoisotopic (exact) mass is 270 g/mol. The molecule has 0 aliphatic rings. The summed E-state index contributed by atoms with van der Waals surface area (Å²) in [4.78, 5) is 2.52. The van der Waals surface area contributed by atoms with E-state index in [1.165, 1.54) is 16.3 Å². The van der Waals surface area contributed by atoms with Gasteiger partial charge in [-0.25, -0.2) is 0 Å². The maximum absolute atomic E-state index is 6.12. The summed E-state index contributed by atoms with van der Waals surface area (Å²) in [7, 11) is 0. The fourth-order valence-electron chi connectivity index (χ4n) is 3.06. The predicted molar refractivity (Wildman–Crippen MR) is 87.9 cm³/mol. The normalized spacial score (nSPS) is 14.7. The first kappa shape index (κ1) is 15.0. The first-order valence-electron chi connectivity index (χ1n) is 7.66. The van der Waals surface area contributed by atoms with Crippen molar-refractivity contribution in [1.29, 1.82) is 0 Å². The number of hydrogen-bond donors (Lipinski definition) is 1. The molecule has 0 saturated heterocycles. The Morgan fingerprint density at radius 3 is 2.40 bits per heavy atom. The fourth-order valence-corrected chi connectivity index (χ4v) is 3.06. The van der Waals surface area contributed by atoms with Crippen LogP contribution in [-0.4, -0.2) is 24.0 Å². The largest absolute Gasteiger partial charge is 0.329 e. The number of benzene rings is 2. The molecule has 0 radical (unpaired) electrons. The van der Waals surface area contributed by atoms with Crippen LogP contribution in [0.15, 0.2) is 42.5 Å². The van der Waals surface area contributed by atoms with Crippen molar-refractivity contribution in [1.82, 2.24) is 4.90 Å². The van der Waals surface area contributed by atoms with Crippen LogP contribution in [0.5, 0.6) is 0 Å². The second kappa shape index (κ2) is 6.87. The zero-order valence-electron chi connectivity index (χ0n) is 12.8. The highest BCUT2D eigenvalue weighted by molar-refractivity contribution is 5.86. The van der Waals surface area contributed by atoms with E-state index in [9.17, 15) is 0 Å². The molecule has 2 atom stereocenters. The molecule has 0 amide bonds. The zero-order chi connectivity index (χ0) is 14.5. The van der Waals surface area contributed by atoms with Crippen molar-refractivity contribution in [3.05, 3.63) is 48.0 Å². The van der Waals surface area contributed by atoms with E-state index >= 15 is 0 Å². The standard InChI is InChI=1S/C18H26N2/c1-4-14(3)20(5-2)18(13-19)17-12-8-10-15-9-6-7-11-16(15)17/h6-12,14,18H,4-5,13,19H2,1-3H3. The molecule has 108 valence electrons. The van der Waals surface area contributed by atoms with Crippen LogP contribution < -0.4 is 5.73 Å². The van der Waals surface area contributed by atoms with Gasteiger partial charge in [-0.15, -0.1) is 0 Å².